The number of hydrogen-bond donors (Lipinski definition) is 1. The van der Waals surface area contributed by atoms with E-state index in [4.69, 9.17) is 16.0 Å². The van der Waals surface area contributed by atoms with Crippen molar-refractivity contribution in [3.05, 3.63) is 70.3 Å². The first-order valence-electron chi connectivity index (χ1n) is 8.67. The molecule has 1 N–H and O–H groups in total. The highest BCUT2D eigenvalue weighted by atomic mass is 35.5. The highest BCUT2D eigenvalue weighted by molar-refractivity contribution is 6.30. The van der Waals surface area contributed by atoms with Gasteiger partial charge >= 0.3 is 0 Å². The molecule has 2 aliphatic rings. The Hall–Kier alpha value is -2.53. The highest BCUT2D eigenvalue weighted by Crippen LogP contribution is 2.43. The number of nitrogens with zero attached hydrogens (tertiary/aromatic N) is 1. The van der Waals surface area contributed by atoms with Crippen LogP contribution in [0.1, 0.15) is 47.8 Å². The van der Waals surface area contributed by atoms with Crippen molar-refractivity contribution in [3.63, 3.8) is 0 Å². The number of benzene rings is 1. The first-order valence-corrected chi connectivity index (χ1v) is 9.05. The minimum absolute atomic E-state index is 0.00669. The molecule has 6 heteroatoms. The van der Waals surface area contributed by atoms with Gasteiger partial charge in [0.2, 0.25) is 5.78 Å². The number of amides is 1. The lowest BCUT2D eigenvalue weighted by atomic mass is 9.94. The Morgan fingerprint density at radius 2 is 1.85 bits per heavy atom. The SMILES string of the molecule is O=C(C1=C(O)C(=O)N(C2CCCC2)C1c1ccc(Cl)cc1)c1ccco1. The van der Waals surface area contributed by atoms with Crippen LogP contribution in [0.4, 0.5) is 0 Å². The molecule has 26 heavy (non-hydrogen) atoms. The lowest BCUT2D eigenvalue weighted by molar-refractivity contribution is -0.131. The molecule has 1 unspecified atom stereocenters. The topological polar surface area (TPSA) is 70.8 Å². The summed E-state index contributed by atoms with van der Waals surface area (Å²) >= 11 is 6.00. The van der Waals surface area contributed by atoms with Crippen LogP contribution in [-0.2, 0) is 4.79 Å². The molecule has 2 aromatic rings. The predicted molar refractivity (Wildman–Crippen MR) is 96.0 cm³/mol. The summed E-state index contributed by atoms with van der Waals surface area (Å²) in [7, 11) is 0. The number of Topliss-reactive ketones (excluding diaryl/α,β-unsaturated/α-hetero) is 1. The van der Waals surface area contributed by atoms with Crippen LogP contribution in [0.3, 0.4) is 0 Å². The maximum atomic E-state index is 13.0. The van der Waals surface area contributed by atoms with Crippen LogP contribution in [0.5, 0.6) is 0 Å². The van der Waals surface area contributed by atoms with Gasteiger partial charge in [0.15, 0.2) is 11.5 Å². The Balaban J connectivity index is 1.82. The summed E-state index contributed by atoms with van der Waals surface area (Å²) in [5.41, 5.74) is 0.813. The molecule has 1 atom stereocenters. The first-order chi connectivity index (χ1) is 12.6. The number of carbonyl (C=O) groups is 2. The Labute approximate surface area is 155 Å². The van der Waals surface area contributed by atoms with E-state index < -0.39 is 23.5 Å². The molecule has 0 spiro atoms. The summed E-state index contributed by atoms with van der Waals surface area (Å²) < 4.78 is 5.21. The lowest BCUT2D eigenvalue weighted by Crippen LogP contribution is -2.38. The lowest BCUT2D eigenvalue weighted by Gasteiger charge is -2.32. The van der Waals surface area contributed by atoms with Gasteiger partial charge < -0.3 is 14.4 Å². The van der Waals surface area contributed by atoms with Gasteiger partial charge in [0.05, 0.1) is 17.9 Å². The quantitative estimate of drug-likeness (QED) is 0.806. The van der Waals surface area contributed by atoms with Crippen LogP contribution in [0.2, 0.25) is 5.02 Å². The molecule has 2 heterocycles. The van der Waals surface area contributed by atoms with Crippen molar-refractivity contribution >= 4 is 23.3 Å². The number of furan rings is 1. The Morgan fingerprint density at radius 3 is 2.46 bits per heavy atom. The van der Waals surface area contributed by atoms with Crippen molar-refractivity contribution in [1.29, 1.82) is 0 Å². The maximum absolute atomic E-state index is 13.0. The van der Waals surface area contributed by atoms with E-state index in [0.717, 1.165) is 31.2 Å². The van der Waals surface area contributed by atoms with E-state index in [-0.39, 0.29) is 17.4 Å². The second kappa shape index (κ2) is 6.65. The Morgan fingerprint density at radius 1 is 1.15 bits per heavy atom. The molecule has 1 fully saturated rings. The fourth-order valence-corrected chi connectivity index (χ4v) is 4.05. The van der Waals surface area contributed by atoms with Crippen LogP contribution in [0.25, 0.3) is 0 Å². The summed E-state index contributed by atoms with van der Waals surface area (Å²) in [4.78, 5) is 27.4. The molecule has 0 saturated heterocycles. The van der Waals surface area contributed by atoms with Gasteiger partial charge in [0.25, 0.3) is 5.91 Å². The van der Waals surface area contributed by atoms with Crippen LogP contribution in [0, 0.1) is 0 Å². The third kappa shape index (κ3) is 2.72. The minimum Gasteiger partial charge on any atom is -0.503 e. The van der Waals surface area contributed by atoms with E-state index in [9.17, 15) is 14.7 Å². The van der Waals surface area contributed by atoms with Gasteiger partial charge in [-0.05, 0) is 42.7 Å². The normalized spacial score (nSPS) is 21.0. The summed E-state index contributed by atoms with van der Waals surface area (Å²) in [5.74, 6) is -1.35. The molecule has 0 radical (unpaired) electrons. The van der Waals surface area contributed by atoms with Crippen molar-refractivity contribution < 1.29 is 19.1 Å². The molecule has 5 nitrogen and oxygen atoms in total. The Kier molecular flexibility index (Phi) is 4.32. The van der Waals surface area contributed by atoms with Crippen molar-refractivity contribution in [2.45, 2.75) is 37.8 Å². The molecule has 1 aromatic carbocycles. The van der Waals surface area contributed by atoms with Crippen molar-refractivity contribution in [2.24, 2.45) is 0 Å². The molecular weight excluding hydrogens is 354 g/mol. The van der Waals surface area contributed by atoms with Gasteiger partial charge in [-0.2, -0.15) is 0 Å². The largest absolute Gasteiger partial charge is 0.503 e. The molecular formula is C20H18ClNO4. The number of aliphatic hydroxyl groups is 1. The standard InChI is InChI=1S/C20H18ClNO4/c21-13-9-7-12(8-10-13)17-16(18(23)15-6-3-11-26-15)19(24)20(25)22(17)14-4-1-2-5-14/h3,6-11,14,17,24H,1-2,4-5H2. The van der Waals surface area contributed by atoms with E-state index in [1.807, 2.05) is 0 Å². The summed E-state index contributed by atoms with van der Waals surface area (Å²) in [5, 5.41) is 11.1. The van der Waals surface area contributed by atoms with Gasteiger partial charge in [-0.25, -0.2) is 0 Å². The van der Waals surface area contributed by atoms with Crippen LogP contribution in [-0.4, -0.2) is 27.7 Å². The van der Waals surface area contributed by atoms with Crippen LogP contribution < -0.4 is 0 Å². The molecule has 1 amide bonds. The fraction of sp³-hybridized carbons (Fsp3) is 0.300. The van der Waals surface area contributed by atoms with Gasteiger partial charge in [-0.3, -0.25) is 9.59 Å². The third-order valence-electron chi connectivity index (χ3n) is 5.14. The molecule has 1 aliphatic heterocycles. The molecule has 0 bridgehead atoms. The van der Waals surface area contributed by atoms with Gasteiger partial charge in [0, 0.05) is 11.1 Å². The number of carbonyl (C=O) groups excluding carboxylic acids is 2. The number of halogens is 1. The monoisotopic (exact) mass is 371 g/mol. The zero-order chi connectivity index (χ0) is 18.3. The number of aliphatic hydroxyl groups excluding tert-OH is 1. The van der Waals surface area contributed by atoms with Gasteiger partial charge in [-0.15, -0.1) is 0 Å². The van der Waals surface area contributed by atoms with Crippen molar-refractivity contribution in [1.82, 2.24) is 4.90 Å². The molecule has 134 valence electrons. The predicted octanol–water partition coefficient (Wildman–Crippen LogP) is 4.45. The Bertz CT molecular complexity index is 864. The summed E-state index contributed by atoms with van der Waals surface area (Å²) in [6.45, 7) is 0. The smallest absolute Gasteiger partial charge is 0.290 e. The van der Waals surface area contributed by atoms with Crippen LogP contribution in [0.15, 0.2) is 58.4 Å². The summed E-state index contributed by atoms with van der Waals surface area (Å²) in [6, 6.07) is 9.52. The molecule has 1 saturated carbocycles. The second-order valence-corrected chi connectivity index (χ2v) is 7.11. The molecule has 1 aliphatic carbocycles. The van der Waals surface area contributed by atoms with E-state index in [1.165, 1.54) is 12.3 Å². The van der Waals surface area contributed by atoms with Crippen LogP contribution >= 0.6 is 11.6 Å². The number of ketones is 1. The number of hydrogen-bond acceptors (Lipinski definition) is 4. The average Bonchev–Trinajstić information content (AvgIpc) is 3.38. The highest BCUT2D eigenvalue weighted by Gasteiger charge is 2.47. The van der Waals surface area contributed by atoms with E-state index in [0.29, 0.717) is 5.02 Å². The minimum atomic E-state index is -0.638. The first kappa shape index (κ1) is 16.9. The maximum Gasteiger partial charge on any atom is 0.290 e. The molecule has 1 aromatic heterocycles. The van der Waals surface area contributed by atoms with E-state index in [2.05, 4.69) is 0 Å². The fourth-order valence-electron chi connectivity index (χ4n) is 3.93. The van der Waals surface area contributed by atoms with E-state index in [1.54, 1.807) is 35.2 Å². The van der Waals surface area contributed by atoms with Gasteiger partial charge in [-0.1, -0.05) is 36.6 Å². The zero-order valence-corrected chi connectivity index (χ0v) is 14.8. The zero-order valence-electron chi connectivity index (χ0n) is 14.0. The average molecular weight is 372 g/mol. The van der Waals surface area contributed by atoms with Gasteiger partial charge in [0.1, 0.15) is 0 Å². The number of rotatable bonds is 4. The second-order valence-electron chi connectivity index (χ2n) is 6.67. The molecule has 4 rings (SSSR count). The van der Waals surface area contributed by atoms with E-state index >= 15 is 0 Å². The van der Waals surface area contributed by atoms with Crippen molar-refractivity contribution in [3.8, 4) is 0 Å². The third-order valence-corrected chi connectivity index (χ3v) is 5.39. The summed E-state index contributed by atoms with van der Waals surface area (Å²) in [6.07, 6.45) is 5.19. The van der Waals surface area contributed by atoms with Crippen molar-refractivity contribution in [2.75, 3.05) is 0 Å².